The Labute approximate surface area is 142 Å². The van der Waals surface area contributed by atoms with E-state index in [2.05, 4.69) is 15.5 Å². The SMILES string of the molecule is CC(Sc1nnc(N)s1)C(=O)Nc1ccc(Cl)c(C(F)(F)F)c1. The van der Waals surface area contributed by atoms with E-state index in [-0.39, 0.29) is 10.8 Å². The number of carbonyl (C=O) groups is 1. The number of halogens is 4. The Hall–Kier alpha value is -1.52. The maximum Gasteiger partial charge on any atom is 0.417 e. The van der Waals surface area contributed by atoms with Gasteiger partial charge in [-0.3, -0.25) is 4.79 Å². The summed E-state index contributed by atoms with van der Waals surface area (Å²) in [6, 6.07) is 3.18. The largest absolute Gasteiger partial charge is 0.417 e. The van der Waals surface area contributed by atoms with Crippen molar-refractivity contribution in [2.75, 3.05) is 11.1 Å². The summed E-state index contributed by atoms with van der Waals surface area (Å²) in [7, 11) is 0. The zero-order valence-corrected chi connectivity index (χ0v) is 13.9. The Morgan fingerprint density at radius 3 is 2.70 bits per heavy atom. The molecule has 3 N–H and O–H groups in total. The van der Waals surface area contributed by atoms with Gasteiger partial charge in [-0.25, -0.2) is 0 Å². The van der Waals surface area contributed by atoms with E-state index in [1.54, 1.807) is 6.92 Å². The van der Waals surface area contributed by atoms with Gasteiger partial charge in [-0.2, -0.15) is 13.2 Å². The third kappa shape index (κ3) is 4.72. The Morgan fingerprint density at radius 2 is 2.13 bits per heavy atom. The number of aromatic nitrogens is 2. The lowest BCUT2D eigenvalue weighted by Crippen LogP contribution is -2.22. The minimum atomic E-state index is -4.59. The standard InChI is InChI=1S/C12H10ClF3N4OS2/c1-5(22-11-20-19-10(17)23-11)9(21)18-6-2-3-8(13)7(4-6)12(14,15)16/h2-5H,1H3,(H2,17,19)(H,18,21). The molecule has 0 saturated heterocycles. The molecule has 0 radical (unpaired) electrons. The molecule has 0 fully saturated rings. The summed E-state index contributed by atoms with van der Waals surface area (Å²) in [5.41, 5.74) is 4.44. The number of hydrogen-bond acceptors (Lipinski definition) is 6. The van der Waals surface area contributed by atoms with Crippen molar-refractivity contribution < 1.29 is 18.0 Å². The molecule has 23 heavy (non-hydrogen) atoms. The van der Waals surface area contributed by atoms with Gasteiger partial charge in [0.1, 0.15) is 0 Å². The van der Waals surface area contributed by atoms with Gasteiger partial charge in [0.05, 0.1) is 15.8 Å². The molecule has 1 aromatic carbocycles. The summed E-state index contributed by atoms with van der Waals surface area (Å²) in [4.78, 5) is 12.0. The lowest BCUT2D eigenvalue weighted by Gasteiger charge is -2.13. The van der Waals surface area contributed by atoms with Gasteiger partial charge in [0, 0.05) is 5.69 Å². The third-order valence-corrected chi connectivity index (χ3v) is 4.87. The molecule has 1 atom stereocenters. The highest BCUT2D eigenvalue weighted by atomic mass is 35.5. The normalized spacial score (nSPS) is 12.9. The van der Waals surface area contributed by atoms with E-state index in [1.807, 2.05) is 0 Å². The molecule has 5 nitrogen and oxygen atoms in total. The van der Waals surface area contributed by atoms with Crippen LogP contribution in [0.4, 0.5) is 24.0 Å². The number of amides is 1. The Morgan fingerprint density at radius 1 is 1.43 bits per heavy atom. The molecule has 2 rings (SSSR count). The van der Waals surface area contributed by atoms with Crippen LogP contribution < -0.4 is 11.1 Å². The van der Waals surface area contributed by atoms with Crippen LogP contribution in [0.3, 0.4) is 0 Å². The molecule has 0 saturated carbocycles. The molecule has 2 aromatic rings. The first-order valence-corrected chi connectivity index (χ1v) is 8.17. The van der Waals surface area contributed by atoms with E-state index in [0.717, 1.165) is 35.2 Å². The van der Waals surface area contributed by atoms with Crippen molar-refractivity contribution in [3.05, 3.63) is 28.8 Å². The van der Waals surface area contributed by atoms with Crippen molar-refractivity contribution in [3.63, 3.8) is 0 Å². The van der Waals surface area contributed by atoms with E-state index in [0.29, 0.717) is 4.34 Å². The number of anilines is 2. The molecule has 0 bridgehead atoms. The quantitative estimate of drug-likeness (QED) is 0.783. The number of nitrogens with two attached hydrogens (primary N) is 1. The van der Waals surface area contributed by atoms with Crippen molar-refractivity contribution >= 4 is 51.4 Å². The maximum atomic E-state index is 12.8. The first-order valence-electron chi connectivity index (χ1n) is 6.10. The average molecular weight is 383 g/mol. The van der Waals surface area contributed by atoms with E-state index in [4.69, 9.17) is 17.3 Å². The Balaban J connectivity index is 2.08. The Kier molecular flexibility index (Phi) is 5.37. The van der Waals surface area contributed by atoms with Crippen molar-refractivity contribution in [2.45, 2.75) is 22.7 Å². The second-order valence-electron chi connectivity index (χ2n) is 4.35. The number of nitrogen functional groups attached to an aromatic ring is 1. The van der Waals surface area contributed by atoms with Crippen molar-refractivity contribution in [3.8, 4) is 0 Å². The molecule has 0 aliphatic carbocycles. The predicted octanol–water partition coefficient (Wildman–Crippen LogP) is 3.91. The first kappa shape index (κ1) is 17.8. The van der Waals surface area contributed by atoms with E-state index >= 15 is 0 Å². The second kappa shape index (κ2) is 6.93. The highest BCUT2D eigenvalue weighted by Crippen LogP contribution is 2.36. The zero-order chi connectivity index (χ0) is 17.2. The van der Waals surface area contributed by atoms with Crippen molar-refractivity contribution in [1.82, 2.24) is 10.2 Å². The number of thioether (sulfide) groups is 1. The molecular weight excluding hydrogens is 373 g/mol. The highest BCUT2D eigenvalue weighted by Gasteiger charge is 2.33. The molecule has 0 spiro atoms. The molecule has 124 valence electrons. The predicted molar refractivity (Wildman–Crippen MR) is 84.7 cm³/mol. The molecular formula is C12H10ClF3N4OS2. The molecule has 0 aliphatic heterocycles. The number of benzene rings is 1. The summed E-state index contributed by atoms with van der Waals surface area (Å²) in [6.07, 6.45) is -4.59. The fourth-order valence-electron chi connectivity index (χ4n) is 1.54. The number of nitrogens with one attached hydrogen (secondary N) is 1. The second-order valence-corrected chi connectivity index (χ2v) is 7.35. The summed E-state index contributed by atoms with van der Waals surface area (Å²) in [5, 5.41) is 9.05. The average Bonchev–Trinajstić information content (AvgIpc) is 2.85. The van der Waals surface area contributed by atoms with Gasteiger partial charge in [-0.05, 0) is 25.1 Å². The monoisotopic (exact) mass is 382 g/mol. The van der Waals surface area contributed by atoms with Crippen LogP contribution >= 0.6 is 34.7 Å². The van der Waals surface area contributed by atoms with Crippen LogP contribution in [0, 0.1) is 0 Å². The summed E-state index contributed by atoms with van der Waals surface area (Å²) < 4.78 is 38.9. The summed E-state index contributed by atoms with van der Waals surface area (Å²) in [6.45, 7) is 1.60. The number of alkyl halides is 3. The summed E-state index contributed by atoms with van der Waals surface area (Å²) in [5.74, 6) is -0.473. The number of rotatable bonds is 4. The third-order valence-electron chi connectivity index (χ3n) is 2.61. The van der Waals surface area contributed by atoms with E-state index < -0.39 is 27.9 Å². The van der Waals surface area contributed by atoms with E-state index in [9.17, 15) is 18.0 Å². The van der Waals surface area contributed by atoms with Crippen molar-refractivity contribution in [2.24, 2.45) is 0 Å². The van der Waals surface area contributed by atoms with Gasteiger partial charge in [0.2, 0.25) is 11.0 Å². The van der Waals surface area contributed by atoms with Crippen LogP contribution in [0.1, 0.15) is 12.5 Å². The fourth-order valence-corrected chi connectivity index (χ4v) is 3.54. The minimum Gasteiger partial charge on any atom is -0.374 e. The van der Waals surface area contributed by atoms with Crippen LogP contribution in [0.2, 0.25) is 5.02 Å². The Bertz CT molecular complexity index is 723. The molecule has 1 amide bonds. The molecule has 1 unspecified atom stereocenters. The van der Waals surface area contributed by atoms with Gasteiger partial charge in [-0.15, -0.1) is 10.2 Å². The van der Waals surface area contributed by atoms with Crippen LogP contribution in [0.5, 0.6) is 0 Å². The zero-order valence-electron chi connectivity index (χ0n) is 11.5. The molecule has 1 heterocycles. The van der Waals surface area contributed by atoms with Crippen LogP contribution in [-0.4, -0.2) is 21.4 Å². The number of hydrogen-bond donors (Lipinski definition) is 2. The minimum absolute atomic E-state index is 0.0101. The van der Waals surface area contributed by atoms with Gasteiger partial charge in [0.15, 0.2) is 4.34 Å². The van der Waals surface area contributed by atoms with Crippen LogP contribution in [0.15, 0.2) is 22.5 Å². The van der Waals surface area contributed by atoms with Gasteiger partial charge < -0.3 is 11.1 Å². The topological polar surface area (TPSA) is 80.9 Å². The fraction of sp³-hybridized carbons (Fsp3) is 0.250. The maximum absolute atomic E-state index is 12.8. The van der Waals surface area contributed by atoms with E-state index in [1.165, 1.54) is 6.07 Å². The molecule has 1 aromatic heterocycles. The van der Waals surface area contributed by atoms with Crippen molar-refractivity contribution in [1.29, 1.82) is 0 Å². The van der Waals surface area contributed by atoms with Crippen LogP contribution in [0.25, 0.3) is 0 Å². The van der Waals surface area contributed by atoms with Gasteiger partial charge >= 0.3 is 6.18 Å². The lowest BCUT2D eigenvalue weighted by atomic mass is 10.2. The molecule has 0 aliphatic rings. The summed E-state index contributed by atoms with van der Waals surface area (Å²) >= 11 is 7.76. The highest BCUT2D eigenvalue weighted by molar-refractivity contribution is 8.02. The number of nitrogens with zero attached hydrogens (tertiary/aromatic N) is 2. The molecule has 11 heteroatoms. The lowest BCUT2D eigenvalue weighted by molar-refractivity contribution is -0.137. The van der Waals surface area contributed by atoms with Gasteiger partial charge in [0.25, 0.3) is 0 Å². The number of carbonyl (C=O) groups excluding carboxylic acids is 1. The van der Waals surface area contributed by atoms with Crippen LogP contribution in [-0.2, 0) is 11.0 Å². The smallest absolute Gasteiger partial charge is 0.374 e. The van der Waals surface area contributed by atoms with Gasteiger partial charge in [-0.1, -0.05) is 34.7 Å². The first-order chi connectivity index (χ1) is 10.7.